The van der Waals surface area contributed by atoms with E-state index < -0.39 is 0 Å². The van der Waals surface area contributed by atoms with E-state index in [0.29, 0.717) is 5.92 Å². The Balaban J connectivity index is 1.48. The van der Waals surface area contributed by atoms with Gasteiger partial charge in [-0.1, -0.05) is 67.6 Å². The molecule has 210 valence electrons. The second-order valence-electron chi connectivity index (χ2n) is 11.6. The molecule has 7 nitrogen and oxygen atoms in total. The summed E-state index contributed by atoms with van der Waals surface area (Å²) in [6.07, 6.45) is 3.60. The third-order valence-electron chi connectivity index (χ3n) is 8.08. The first kappa shape index (κ1) is 29.2. The van der Waals surface area contributed by atoms with Gasteiger partial charge in [-0.2, -0.15) is 0 Å². The van der Waals surface area contributed by atoms with Crippen LogP contribution in [0, 0.1) is 5.92 Å². The summed E-state index contributed by atoms with van der Waals surface area (Å²) in [5.74, 6) is 0.649. The molecule has 3 aliphatic heterocycles. The molecule has 7 N–H and O–H groups in total. The van der Waals surface area contributed by atoms with Gasteiger partial charge in [0, 0.05) is 77.5 Å². The van der Waals surface area contributed by atoms with Crippen LogP contribution in [0.3, 0.4) is 0 Å². The van der Waals surface area contributed by atoms with Crippen LogP contribution in [0.25, 0.3) is 0 Å². The molecule has 0 amide bonds. The van der Waals surface area contributed by atoms with Crippen molar-refractivity contribution in [3.05, 3.63) is 71.8 Å². The number of benzene rings is 2. The maximum atomic E-state index is 4.01. The van der Waals surface area contributed by atoms with Gasteiger partial charge in [0.15, 0.2) is 0 Å². The molecule has 0 aliphatic carbocycles. The lowest BCUT2D eigenvalue weighted by Gasteiger charge is -2.39. The lowest BCUT2D eigenvalue weighted by atomic mass is 9.85. The fourth-order valence-electron chi connectivity index (χ4n) is 5.89. The van der Waals surface area contributed by atoms with Gasteiger partial charge >= 0.3 is 0 Å². The highest BCUT2D eigenvalue weighted by atomic mass is 15.1. The van der Waals surface area contributed by atoms with Crippen molar-refractivity contribution in [3.63, 3.8) is 0 Å². The van der Waals surface area contributed by atoms with E-state index in [2.05, 4.69) is 105 Å². The van der Waals surface area contributed by atoms with E-state index in [1.807, 2.05) is 0 Å². The van der Waals surface area contributed by atoms with Crippen molar-refractivity contribution in [1.82, 2.24) is 37.2 Å². The Bertz CT molecular complexity index is 876. The Morgan fingerprint density at radius 2 is 1.03 bits per heavy atom. The highest BCUT2D eigenvalue weighted by Gasteiger charge is 2.32. The highest BCUT2D eigenvalue weighted by Crippen LogP contribution is 2.22. The summed E-state index contributed by atoms with van der Waals surface area (Å²) in [5.41, 5.74) is 2.62. The molecular formula is C31H51N7. The summed E-state index contributed by atoms with van der Waals surface area (Å²) < 4.78 is 0. The molecule has 2 bridgehead atoms. The van der Waals surface area contributed by atoms with Crippen molar-refractivity contribution in [2.45, 2.75) is 50.4 Å². The van der Waals surface area contributed by atoms with Gasteiger partial charge in [-0.15, -0.1) is 0 Å². The standard InChI is InChI=1S/C31H51N7/c1-27-9-8-14-32-24-31(38-21-29-12-6-3-7-13-29)25-35-17-15-33-22-30(19-27,23-34-16-18-36-26-31)37-20-28-10-4-2-5-11-28/h2-7,10-13,27,32-38H,8-9,14-26H2,1H3. The van der Waals surface area contributed by atoms with Gasteiger partial charge in [0.1, 0.15) is 0 Å². The SMILES string of the molecule is CC1CCCNCC2(NCc3ccccc3)CNCCNCC(NCc3ccccc3)(CNCCNC2)C1. The van der Waals surface area contributed by atoms with Crippen molar-refractivity contribution < 1.29 is 0 Å². The van der Waals surface area contributed by atoms with E-state index in [1.54, 1.807) is 0 Å². The van der Waals surface area contributed by atoms with E-state index in [9.17, 15) is 0 Å². The molecule has 3 aliphatic rings. The summed E-state index contributed by atoms with van der Waals surface area (Å²) in [4.78, 5) is 0. The van der Waals surface area contributed by atoms with Crippen molar-refractivity contribution >= 4 is 0 Å². The second kappa shape index (κ2) is 15.7. The fourth-order valence-corrected chi connectivity index (χ4v) is 5.89. The maximum Gasteiger partial charge on any atom is 0.0561 e. The molecule has 2 aromatic carbocycles. The quantitative estimate of drug-likeness (QED) is 0.312. The van der Waals surface area contributed by atoms with Crippen LogP contribution < -0.4 is 37.2 Å². The van der Waals surface area contributed by atoms with Crippen molar-refractivity contribution in [2.75, 3.05) is 65.4 Å². The Kier molecular flexibility index (Phi) is 12.0. The molecule has 3 saturated heterocycles. The molecule has 0 saturated carbocycles. The zero-order valence-corrected chi connectivity index (χ0v) is 23.5. The van der Waals surface area contributed by atoms with E-state index in [1.165, 1.54) is 24.0 Å². The van der Waals surface area contributed by atoms with Crippen LogP contribution in [0.4, 0.5) is 0 Å². The van der Waals surface area contributed by atoms with Gasteiger partial charge in [-0.25, -0.2) is 0 Å². The second-order valence-corrected chi connectivity index (χ2v) is 11.6. The predicted molar refractivity (Wildman–Crippen MR) is 159 cm³/mol. The molecule has 7 heteroatoms. The van der Waals surface area contributed by atoms with Crippen LogP contribution in [0.15, 0.2) is 60.7 Å². The minimum atomic E-state index is -0.0627. The summed E-state index contributed by atoms with van der Waals surface area (Å²) >= 11 is 0. The minimum Gasteiger partial charge on any atom is -0.315 e. The predicted octanol–water partition coefficient (Wildman–Crippen LogP) is 1.83. The van der Waals surface area contributed by atoms with Crippen LogP contribution in [0.2, 0.25) is 0 Å². The largest absolute Gasteiger partial charge is 0.315 e. The van der Waals surface area contributed by atoms with Crippen molar-refractivity contribution in [2.24, 2.45) is 5.92 Å². The van der Waals surface area contributed by atoms with Crippen LogP contribution in [-0.2, 0) is 13.1 Å². The Labute approximate surface area is 230 Å². The molecule has 0 aromatic heterocycles. The van der Waals surface area contributed by atoms with Gasteiger partial charge < -0.3 is 37.2 Å². The number of nitrogens with one attached hydrogen (secondary N) is 7. The maximum absolute atomic E-state index is 4.01. The number of hydrogen-bond donors (Lipinski definition) is 7. The molecule has 5 rings (SSSR count). The van der Waals surface area contributed by atoms with Gasteiger partial charge in [-0.3, -0.25) is 0 Å². The average Bonchev–Trinajstić information content (AvgIpc) is 2.95. The third-order valence-corrected chi connectivity index (χ3v) is 8.08. The van der Waals surface area contributed by atoms with Gasteiger partial charge in [-0.05, 0) is 42.9 Å². The minimum absolute atomic E-state index is 0.00792. The molecule has 2 aromatic rings. The van der Waals surface area contributed by atoms with Gasteiger partial charge in [0.05, 0.1) is 5.54 Å². The summed E-state index contributed by atoms with van der Waals surface area (Å²) in [5, 5.41) is 27.0. The molecule has 3 fully saturated rings. The van der Waals surface area contributed by atoms with Crippen LogP contribution >= 0.6 is 0 Å². The molecule has 1 unspecified atom stereocenters. The monoisotopic (exact) mass is 521 g/mol. The van der Waals surface area contributed by atoms with Crippen molar-refractivity contribution in [3.8, 4) is 0 Å². The lowest BCUT2D eigenvalue weighted by Crippen LogP contribution is -2.64. The highest BCUT2D eigenvalue weighted by molar-refractivity contribution is 5.16. The van der Waals surface area contributed by atoms with Gasteiger partial charge in [0.25, 0.3) is 0 Å². The van der Waals surface area contributed by atoms with E-state index in [-0.39, 0.29) is 11.1 Å². The third kappa shape index (κ3) is 9.72. The van der Waals surface area contributed by atoms with E-state index >= 15 is 0 Å². The zero-order valence-electron chi connectivity index (χ0n) is 23.5. The van der Waals surface area contributed by atoms with E-state index in [0.717, 1.165) is 85.0 Å². The van der Waals surface area contributed by atoms with Crippen LogP contribution in [0.1, 0.15) is 37.3 Å². The van der Waals surface area contributed by atoms with E-state index in [4.69, 9.17) is 0 Å². The molecule has 3 heterocycles. The zero-order chi connectivity index (χ0) is 26.4. The molecule has 38 heavy (non-hydrogen) atoms. The van der Waals surface area contributed by atoms with Crippen LogP contribution in [0.5, 0.6) is 0 Å². The molecule has 1 atom stereocenters. The first-order valence-corrected chi connectivity index (χ1v) is 14.8. The summed E-state index contributed by atoms with van der Waals surface area (Å²) in [6.45, 7) is 13.8. The summed E-state index contributed by atoms with van der Waals surface area (Å²) in [6, 6.07) is 21.6. The fraction of sp³-hybridized carbons (Fsp3) is 0.613. The molecular weight excluding hydrogens is 470 g/mol. The van der Waals surface area contributed by atoms with Gasteiger partial charge in [0.2, 0.25) is 0 Å². The van der Waals surface area contributed by atoms with Crippen molar-refractivity contribution in [1.29, 1.82) is 0 Å². The average molecular weight is 522 g/mol. The normalized spacial score (nSPS) is 28.7. The topological polar surface area (TPSA) is 84.2 Å². The lowest BCUT2D eigenvalue weighted by molar-refractivity contribution is 0.230. The smallest absolute Gasteiger partial charge is 0.0561 e. The Hall–Kier alpha value is -1.84. The first-order chi connectivity index (χ1) is 18.7. The van der Waals surface area contributed by atoms with Crippen LogP contribution in [-0.4, -0.2) is 76.5 Å². The Morgan fingerprint density at radius 1 is 0.605 bits per heavy atom. The molecule has 0 spiro atoms. The number of fused-ring (bicyclic) bond motifs is 16. The molecule has 0 radical (unpaired) electrons. The number of rotatable bonds is 6. The first-order valence-electron chi connectivity index (χ1n) is 14.8. The Morgan fingerprint density at radius 3 is 1.53 bits per heavy atom. The summed E-state index contributed by atoms with van der Waals surface area (Å²) in [7, 11) is 0. The number of hydrogen-bond acceptors (Lipinski definition) is 7.